The van der Waals surface area contributed by atoms with E-state index in [4.69, 9.17) is 0 Å². The molecule has 1 heterocycles. The van der Waals surface area contributed by atoms with Crippen molar-refractivity contribution in [1.82, 2.24) is 9.55 Å². The summed E-state index contributed by atoms with van der Waals surface area (Å²) in [6.07, 6.45) is 2.82. The molecule has 0 saturated carbocycles. The minimum Gasteiger partial charge on any atom is -0.298 e. The van der Waals surface area contributed by atoms with E-state index in [2.05, 4.69) is 36.2 Å². The average molecular weight is 360 g/mol. The summed E-state index contributed by atoms with van der Waals surface area (Å²) in [5.41, 5.74) is 3.83. The van der Waals surface area contributed by atoms with Gasteiger partial charge in [0.15, 0.2) is 6.29 Å². The number of hydrogen-bond acceptors (Lipinski definition) is 3. The van der Waals surface area contributed by atoms with Crippen molar-refractivity contribution in [3.05, 3.63) is 87.6 Å². The van der Waals surface area contributed by atoms with Gasteiger partial charge in [0.1, 0.15) is 11.4 Å². The first-order valence-corrected chi connectivity index (χ1v) is 9.40. The van der Waals surface area contributed by atoms with Crippen LogP contribution in [0.25, 0.3) is 11.1 Å². The van der Waals surface area contributed by atoms with Crippen molar-refractivity contribution in [3.63, 3.8) is 0 Å². The molecule has 0 aliphatic carbocycles. The molecule has 138 valence electrons. The number of benzene rings is 2. The number of rotatable bonds is 7. The van der Waals surface area contributed by atoms with Crippen LogP contribution in [0.1, 0.15) is 47.7 Å². The Morgan fingerprint density at radius 2 is 1.63 bits per heavy atom. The predicted octanol–water partition coefficient (Wildman–Crippen LogP) is 4.29. The van der Waals surface area contributed by atoms with Crippen LogP contribution in [0.2, 0.25) is 0 Å². The summed E-state index contributed by atoms with van der Waals surface area (Å²) < 4.78 is 1.64. The molecule has 0 fully saturated rings. The summed E-state index contributed by atoms with van der Waals surface area (Å²) >= 11 is 0. The third-order valence-corrected chi connectivity index (χ3v) is 4.69. The fourth-order valence-electron chi connectivity index (χ4n) is 3.24. The van der Waals surface area contributed by atoms with E-state index < -0.39 is 0 Å². The van der Waals surface area contributed by atoms with Crippen molar-refractivity contribution in [1.29, 1.82) is 0 Å². The lowest BCUT2D eigenvalue weighted by Gasteiger charge is -2.15. The molecule has 0 atom stereocenters. The summed E-state index contributed by atoms with van der Waals surface area (Å²) in [7, 11) is 0. The lowest BCUT2D eigenvalue weighted by atomic mass is 10.0. The number of aldehydes is 1. The van der Waals surface area contributed by atoms with Crippen molar-refractivity contribution >= 4 is 6.29 Å². The zero-order valence-electron chi connectivity index (χ0n) is 15.8. The molecule has 3 rings (SSSR count). The van der Waals surface area contributed by atoms with Crippen molar-refractivity contribution in [2.45, 2.75) is 39.7 Å². The maximum absolute atomic E-state index is 12.9. The number of carbonyl (C=O) groups is 1. The van der Waals surface area contributed by atoms with Crippen LogP contribution >= 0.6 is 0 Å². The highest BCUT2D eigenvalue weighted by atomic mass is 16.1. The molecule has 27 heavy (non-hydrogen) atoms. The Balaban J connectivity index is 1.97. The second-order valence-corrected chi connectivity index (χ2v) is 6.56. The molecule has 4 heteroatoms. The summed E-state index contributed by atoms with van der Waals surface area (Å²) in [6, 6.07) is 18.3. The monoisotopic (exact) mass is 360 g/mol. The summed E-state index contributed by atoms with van der Waals surface area (Å²) in [6.45, 7) is 4.39. The molecule has 0 unspecified atom stereocenters. The SMILES string of the molecule is CCCc1nc(CC)c(C=O)c(=O)n1Cc1ccc(-c2ccccc2)cc1. The Hall–Kier alpha value is -3.01. The van der Waals surface area contributed by atoms with E-state index in [1.54, 1.807) is 4.57 Å². The van der Waals surface area contributed by atoms with Gasteiger partial charge in [-0.1, -0.05) is 68.4 Å². The molecular weight excluding hydrogens is 336 g/mol. The van der Waals surface area contributed by atoms with Gasteiger partial charge in [-0.2, -0.15) is 0 Å². The van der Waals surface area contributed by atoms with Gasteiger partial charge in [-0.25, -0.2) is 4.98 Å². The van der Waals surface area contributed by atoms with Crippen LogP contribution in [0.3, 0.4) is 0 Å². The van der Waals surface area contributed by atoms with Gasteiger partial charge in [-0.05, 0) is 29.5 Å². The molecule has 0 N–H and O–H groups in total. The van der Waals surface area contributed by atoms with Crippen molar-refractivity contribution in [2.24, 2.45) is 0 Å². The van der Waals surface area contributed by atoms with E-state index in [9.17, 15) is 9.59 Å². The van der Waals surface area contributed by atoms with Gasteiger partial charge >= 0.3 is 0 Å². The molecule has 0 aliphatic rings. The zero-order valence-corrected chi connectivity index (χ0v) is 15.8. The van der Waals surface area contributed by atoms with Gasteiger partial charge in [0.2, 0.25) is 0 Å². The third-order valence-electron chi connectivity index (χ3n) is 4.69. The van der Waals surface area contributed by atoms with Crippen LogP contribution in [-0.4, -0.2) is 15.8 Å². The number of aryl methyl sites for hydroxylation is 2. The number of aromatic nitrogens is 2. The highest BCUT2D eigenvalue weighted by Crippen LogP contribution is 2.19. The van der Waals surface area contributed by atoms with Gasteiger partial charge in [0.05, 0.1) is 12.2 Å². The summed E-state index contributed by atoms with van der Waals surface area (Å²) in [5.74, 6) is 0.747. The molecule has 0 amide bonds. The van der Waals surface area contributed by atoms with Gasteiger partial charge < -0.3 is 0 Å². The molecule has 3 aromatic rings. The molecule has 0 spiro atoms. The standard InChI is InChI=1S/C23H24N2O2/c1-3-8-22-24-21(4-2)20(16-26)23(27)25(22)15-17-11-13-19(14-12-17)18-9-6-5-7-10-18/h5-7,9-14,16H,3-4,8,15H2,1-2H3. The van der Waals surface area contributed by atoms with E-state index in [1.165, 1.54) is 0 Å². The highest BCUT2D eigenvalue weighted by molar-refractivity contribution is 5.75. The number of carbonyl (C=O) groups excluding carboxylic acids is 1. The van der Waals surface area contributed by atoms with Crippen molar-refractivity contribution in [2.75, 3.05) is 0 Å². The highest BCUT2D eigenvalue weighted by Gasteiger charge is 2.15. The predicted molar refractivity (Wildman–Crippen MR) is 108 cm³/mol. The Kier molecular flexibility index (Phi) is 5.97. The maximum atomic E-state index is 12.9. The van der Waals surface area contributed by atoms with Crippen LogP contribution in [0, 0.1) is 0 Å². The van der Waals surface area contributed by atoms with E-state index in [0.717, 1.165) is 28.9 Å². The van der Waals surface area contributed by atoms with E-state index >= 15 is 0 Å². The molecule has 1 aromatic heterocycles. The molecule has 2 aromatic carbocycles. The van der Waals surface area contributed by atoms with Crippen molar-refractivity contribution < 1.29 is 4.79 Å². The van der Waals surface area contributed by atoms with Crippen LogP contribution in [0.15, 0.2) is 59.4 Å². The first kappa shape index (κ1) is 18.8. The minimum absolute atomic E-state index is 0.179. The Morgan fingerprint density at radius 1 is 0.963 bits per heavy atom. The molecule has 0 saturated heterocycles. The summed E-state index contributed by atoms with van der Waals surface area (Å²) in [4.78, 5) is 28.9. The third kappa shape index (κ3) is 4.05. The second kappa shape index (κ2) is 8.58. The first-order chi connectivity index (χ1) is 13.2. The Labute approximate surface area is 159 Å². The van der Waals surface area contributed by atoms with Crippen LogP contribution in [0.4, 0.5) is 0 Å². The first-order valence-electron chi connectivity index (χ1n) is 9.40. The largest absolute Gasteiger partial charge is 0.298 e. The molecule has 0 aliphatic heterocycles. The fourth-order valence-corrected chi connectivity index (χ4v) is 3.24. The number of hydrogen-bond donors (Lipinski definition) is 0. The van der Waals surface area contributed by atoms with E-state index in [0.29, 0.717) is 31.4 Å². The van der Waals surface area contributed by atoms with Gasteiger partial charge in [0, 0.05) is 6.42 Å². The lowest BCUT2D eigenvalue weighted by molar-refractivity contribution is 0.112. The fraction of sp³-hybridized carbons (Fsp3) is 0.261. The van der Waals surface area contributed by atoms with Gasteiger partial charge in [-0.15, -0.1) is 0 Å². The minimum atomic E-state index is -0.243. The van der Waals surface area contributed by atoms with Gasteiger partial charge in [-0.3, -0.25) is 14.2 Å². The van der Waals surface area contributed by atoms with E-state index in [1.807, 2.05) is 37.3 Å². The Morgan fingerprint density at radius 3 is 2.22 bits per heavy atom. The molecular formula is C23H24N2O2. The zero-order chi connectivity index (χ0) is 19.2. The van der Waals surface area contributed by atoms with E-state index in [-0.39, 0.29) is 11.1 Å². The molecule has 0 radical (unpaired) electrons. The Bertz CT molecular complexity index is 974. The number of nitrogens with zero attached hydrogens (tertiary/aromatic N) is 2. The van der Waals surface area contributed by atoms with Crippen LogP contribution in [0.5, 0.6) is 0 Å². The maximum Gasteiger partial charge on any atom is 0.264 e. The summed E-state index contributed by atoms with van der Waals surface area (Å²) in [5, 5.41) is 0. The average Bonchev–Trinajstić information content (AvgIpc) is 2.71. The molecule has 0 bridgehead atoms. The second-order valence-electron chi connectivity index (χ2n) is 6.56. The molecule has 4 nitrogen and oxygen atoms in total. The smallest absolute Gasteiger partial charge is 0.264 e. The lowest BCUT2D eigenvalue weighted by Crippen LogP contribution is -2.30. The van der Waals surface area contributed by atoms with Crippen LogP contribution in [-0.2, 0) is 19.4 Å². The van der Waals surface area contributed by atoms with Crippen molar-refractivity contribution in [3.8, 4) is 11.1 Å². The normalized spacial score (nSPS) is 10.7. The topological polar surface area (TPSA) is 52.0 Å². The van der Waals surface area contributed by atoms with Gasteiger partial charge in [0.25, 0.3) is 5.56 Å². The van der Waals surface area contributed by atoms with Crippen LogP contribution < -0.4 is 5.56 Å². The quantitative estimate of drug-likeness (QED) is 0.591.